The summed E-state index contributed by atoms with van der Waals surface area (Å²) in [5.41, 5.74) is 0. The van der Waals surface area contributed by atoms with Gasteiger partial charge in [0.15, 0.2) is 0 Å². The Balaban J connectivity index is 0.000000187. The molecule has 0 unspecified atom stereocenters. The maximum Gasteiger partial charge on any atom is 0.121 e. The quantitative estimate of drug-likeness (QED) is 0.222. The summed E-state index contributed by atoms with van der Waals surface area (Å²) in [6, 6.07) is 66.5. The molecule has 6 heteroatoms. The molecule has 0 atom stereocenters. The van der Waals surface area contributed by atoms with Crippen molar-refractivity contribution < 1.29 is 14.4 Å². The molecule has 0 aromatic heterocycles. The van der Waals surface area contributed by atoms with E-state index in [1.807, 2.05) is 0 Å². The third-order valence-corrected chi connectivity index (χ3v) is 27.0. The van der Waals surface area contributed by atoms with Crippen LogP contribution in [0.1, 0.15) is 13.8 Å². The molecule has 0 aliphatic carbocycles. The predicted octanol–water partition coefficient (Wildman–Crippen LogP) is 4.01. The summed E-state index contributed by atoms with van der Waals surface area (Å²) in [7, 11) is -3.17. The average molecular weight is 732 g/mol. The van der Waals surface area contributed by atoms with E-state index in [0.717, 1.165) is 0 Å². The Hall–Kier alpha value is -3.65. The number of benzene rings is 6. The third kappa shape index (κ3) is 8.38. The molecule has 6 aromatic rings. The van der Waals surface area contributed by atoms with Crippen molar-refractivity contribution >= 4 is 60.6 Å². The van der Waals surface area contributed by atoms with Crippen molar-refractivity contribution in [1.29, 1.82) is 0 Å². The molecule has 2 nitrogen and oxygen atoms in total. The van der Waals surface area contributed by atoms with Gasteiger partial charge in [-0.2, -0.15) is 0 Å². The molecule has 0 fully saturated rings. The monoisotopic (exact) mass is 732 g/mol. The Kier molecular flexibility index (Phi) is 13.7. The number of hydrogen-bond acceptors (Lipinski definition) is 2. The molecule has 46 heavy (non-hydrogen) atoms. The second kappa shape index (κ2) is 17.9. The number of halogens is 1. The Morgan fingerprint density at radius 1 is 0.370 bits per heavy atom. The van der Waals surface area contributed by atoms with Gasteiger partial charge < -0.3 is 14.4 Å². The van der Waals surface area contributed by atoms with Gasteiger partial charge in [-0.05, 0) is 0 Å². The molecule has 0 saturated carbocycles. The molecule has 6 aromatic carbocycles. The van der Waals surface area contributed by atoms with Crippen LogP contribution in [0.5, 0.6) is 0 Å². The van der Waals surface area contributed by atoms with Crippen LogP contribution in [0.15, 0.2) is 182 Å². The van der Waals surface area contributed by atoms with E-state index in [-0.39, 0.29) is 0 Å². The second-order valence-electron chi connectivity index (χ2n) is 10.5. The van der Waals surface area contributed by atoms with Gasteiger partial charge in [-0.15, -0.1) is 0 Å². The zero-order chi connectivity index (χ0) is 32.7. The molecule has 0 N–H and O–H groups in total. The number of rotatable bonds is 8. The molecule has 0 amide bonds. The average Bonchev–Trinajstić information content (AvgIpc) is 3.12. The largest absolute Gasteiger partial charge is 0.867 e. The Bertz CT molecular complexity index is 1350. The maximum absolute atomic E-state index is 9.89. The van der Waals surface area contributed by atoms with Crippen molar-refractivity contribution in [3.05, 3.63) is 182 Å². The van der Waals surface area contributed by atoms with Crippen LogP contribution in [-0.4, -0.2) is 34.5 Å². The van der Waals surface area contributed by atoms with Gasteiger partial charge in [0.1, 0.15) is 7.40 Å². The molecular formula is C40H40As2BFO2. The first-order valence-electron chi connectivity index (χ1n) is 15.5. The summed E-state index contributed by atoms with van der Waals surface area (Å²) in [6.45, 7) is 4.69. The molecule has 0 spiro atoms. The van der Waals surface area contributed by atoms with Crippen LogP contribution in [0.25, 0.3) is 0 Å². The Labute approximate surface area is 279 Å². The smallest absolute Gasteiger partial charge is 0.121 e. The van der Waals surface area contributed by atoms with Crippen LogP contribution in [0.3, 0.4) is 0 Å². The predicted molar refractivity (Wildman–Crippen MR) is 196 cm³/mol. The van der Waals surface area contributed by atoms with Crippen LogP contribution in [0.2, 0.25) is 10.4 Å². The van der Waals surface area contributed by atoms with Crippen molar-refractivity contribution in [3.63, 3.8) is 0 Å². The van der Waals surface area contributed by atoms with Crippen LogP contribution in [0.4, 0.5) is 4.32 Å². The van der Waals surface area contributed by atoms with E-state index in [4.69, 9.17) is 10.0 Å². The standard InChI is InChI=1S/2C20H20As.BFO2/c2*1-2-21(18-12-6-3-7-13-18,19-14-8-4-9-15-19)20-16-10-5-11-17-20;2-1(3)4/h2*3-17H,2H2,1H3;/q2*+1;-2. The molecule has 0 heterocycles. The summed E-state index contributed by atoms with van der Waals surface area (Å²) in [4.78, 5) is 0. The Morgan fingerprint density at radius 2 is 0.500 bits per heavy atom. The molecule has 6 rings (SSSR count). The van der Waals surface area contributed by atoms with Gasteiger partial charge >= 0.3 is 259 Å². The maximum atomic E-state index is 9.89. The van der Waals surface area contributed by atoms with Gasteiger partial charge in [0, 0.05) is 0 Å². The molecule has 0 aliphatic heterocycles. The molecule has 0 radical (unpaired) electrons. The zero-order valence-corrected chi connectivity index (χ0v) is 30.2. The van der Waals surface area contributed by atoms with Gasteiger partial charge in [-0.1, -0.05) is 0 Å². The SMILES string of the molecule is CC[As+](c1ccccc1)(c1ccccc1)c1ccccc1.CC[As+](c1ccccc1)(c1ccccc1)c1ccccc1.[O-]B([O-])F. The minimum atomic E-state index is -3.17. The Morgan fingerprint density at radius 3 is 0.609 bits per heavy atom. The normalized spacial score (nSPS) is 10.9. The van der Waals surface area contributed by atoms with Crippen molar-refractivity contribution in [2.75, 3.05) is 0 Å². The molecular weight excluding hydrogens is 692 g/mol. The van der Waals surface area contributed by atoms with Gasteiger partial charge in [0.05, 0.1) is 0 Å². The van der Waals surface area contributed by atoms with E-state index in [2.05, 4.69) is 196 Å². The van der Waals surface area contributed by atoms with Crippen LogP contribution in [-0.2, 0) is 0 Å². The van der Waals surface area contributed by atoms with Gasteiger partial charge in [0.25, 0.3) is 0 Å². The van der Waals surface area contributed by atoms with Crippen molar-refractivity contribution in [1.82, 2.24) is 0 Å². The minimum absolute atomic E-state index is 1.20. The van der Waals surface area contributed by atoms with E-state index in [1.54, 1.807) is 0 Å². The topological polar surface area (TPSA) is 46.1 Å². The van der Waals surface area contributed by atoms with Crippen LogP contribution in [0, 0.1) is 0 Å². The van der Waals surface area contributed by atoms with Crippen LogP contribution >= 0.6 is 0 Å². The zero-order valence-electron chi connectivity index (χ0n) is 26.4. The molecule has 0 aliphatic rings. The number of hydrogen-bond donors (Lipinski definition) is 0. The second-order valence-corrected chi connectivity index (χ2v) is 26.5. The summed E-state index contributed by atoms with van der Waals surface area (Å²) in [5.74, 6) is 0. The fourth-order valence-corrected chi connectivity index (χ4v) is 23.0. The van der Waals surface area contributed by atoms with Gasteiger partial charge in [-0.3, -0.25) is 0 Å². The van der Waals surface area contributed by atoms with Crippen molar-refractivity contribution in [2.24, 2.45) is 0 Å². The van der Waals surface area contributed by atoms with Crippen LogP contribution < -0.4 is 36.2 Å². The molecule has 232 valence electrons. The summed E-state index contributed by atoms with van der Waals surface area (Å²) in [6.07, 6.45) is 0. The summed E-state index contributed by atoms with van der Waals surface area (Å²) < 4.78 is 19.0. The van der Waals surface area contributed by atoms with Crippen molar-refractivity contribution in [3.8, 4) is 0 Å². The first-order chi connectivity index (χ1) is 22.5. The minimum Gasteiger partial charge on any atom is -0.867 e. The molecule has 0 saturated heterocycles. The molecule has 0 bridgehead atoms. The van der Waals surface area contributed by atoms with Gasteiger partial charge in [0.2, 0.25) is 0 Å². The third-order valence-electron chi connectivity index (χ3n) is 8.13. The van der Waals surface area contributed by atoms with E-state index in [0.29, 0.717) is 0 Å². The van der Waals surface area contributed by atoms with E-state index in [1.165, 1.54) is 36.5 Å². The fourth-order valence-electron chi connectivity index (χ4n) is 6.08. The first-order valence-corrected chi connectivity index (χ1v) is 23.8. The van der Waals surface area contributed by atoms with E-state index in [9.17, 15) is 4.32 Å². The van der Waals surface area contributed by atoms with Gasteiger partial charge in [-0.25, -0.2) is 0 Å². The summed E-state index contributed by atoms with van der Waals surface area (Å²) >= 11 is -4.66. The fraction of sp³-hybridized carbons (Fsp3) is 0.100. The van der Waals surface area contributed by atoms with Crippen molar-refractivity contribution in [2.45, 2.75) is 24.3 Å². The van der Waals surface area contributed by atoms with E-state index < -0.39 is 34.5 Å². The van der Waals surface area contributed by atoms with E-state index >= 15 is 0 Å². The summed E-state index contributed by atoms with van der Waals surface area (Å²) in [5, 5.41) is 19.0. The first kappa shape index (κ1) is 35.2.